The number of anilines is 1. The van der Waals surface area contributed by atoms with E-state index in [1.165, 1.54) is 0 Å². The number of rotatable bonds is 10. The van der Waals surface area contributed by atoms with Crippen LogP contribution in [0.1, 0.15) is 16.1 Å². The van der Waals surface area contributed by atoms with Gasteiger partial charge in [0.25, 0.3) is 12.4 Å². The van der Waals surface area contributed by atoms with Crippen LogP contribution < -0.4 is 5.32 Å². The monoisotopic (exact) mass is 504 g/mol. The van der Waals surface area contributed by atoms with Crippen molar-refractivity contribution in [2.75, 3.05) is 32.2 Å². The Hall–Kier alpha value is -4.48. The highest BCUT2D eigenvalue weighted by Crippen LogP contribution is 2.25. The molecule has 37 heavy (non-hydrogen) atoms. The second kappa shape index (κ2) is 14.2. The number of aromatic nitrogens is 5. The molecule has 0 aliphatic rings. The maximum Gasteiger partial charge on any atom is 0.290 e. The molecule has 11 heteroatoms. The summed E-state index contributed by atoms with van der Waals surface area (Å²) in [4.78, 5) is 34.6. The lowest BCUT2D eigenvalue weighted by atomic mass is 10.1. The van der Waals surface area contributed by atoms with E-state index < -0.39 is 0 Å². The lowest BCUT2D eigenvalue weighted by Gasteiger charge is -2.07. The molecule has 0 atom stereocenters. The molecule has 4 aromatic rings. The number of methoxy groups -OCH3 is 1. The molecule has 192 valence electrons. The summed E-state index contributed by atoms with van der Waals surface area (Å²) >= 11 is 0. The molecule has 0 saturated heterocycles. The Kier molecular flexibility index (Phi) is 10.4. The number of carbonyl (C=O) groups is 2. The minimum atomic E-state index is -0.337. The van der Waals surface area contributed by atoms with Gasteiger partial charge in [-0.2, -0.15) is 5.10 Å². The van der Waals surface area contributed by atoms with Gasteiger partial charge in [-0.3, -0.25) is 24.2 Å². The molecule has 0 bridgehead atoms. The molecule has 0 saturated carbocycles. The van der Waals surface area contributed by atoms with E-state index in [1.54, 1.807) is 48.7 Å². The quantitative estimate of drug-likeness (QED) is 0.246. The molecular weight excluding hydrogens is 476 g/mol. The van der Waals surface area contributed by atoms with E-state index in [-0.39, 0.29) is 12.4 Å². The van der Waals surface area contributed by atoms with Crippen LogP contribution in [0.4, 0.5) is 5.69 Å². The third kappa shape index (κ3) is 8.02. The van der Waals surface area contributed by atoms with Gasteiger partial charge in [-0.25, -0.2) is 4.98 Å². The highest BCUT2D eigenvalue weighted by molar-refractivity contribution is 6.04. The Morgan fingerprint density at radius 1 is 1.11 bits per heavy atom. The fourth-order valence-corrected chi connectivity index (χ4v) is 3.33. The first-order valence-corrected chi connectivity index (χ1v) is 11.4. The molecule has 0 unspecified atom stereocenters. The first-order chi connectivity index (χ1) is 18.0. The molecular formula is C26H28N6O5. The number of nitrogens with one attached hydrogen (secondary N) is 1. The molecule has 1 amide bonds. The van der Waals surface area contributed by atoms with E-state index in [2.05, 4.69) is 25.4 Å². The predicted molar refractivity (Wildman–Crippen MR) is 137 cm³/mol. The van der Waals surface area contributed by atoms with Gasteiger partial charge in [0.1, 0.15) is 11.4 Å². The molecule has 0 radical (unpaired) electrons. The third-order valence-corrected chi connectivity index (χ3v) is 4.97. The van der Waals surface area contributed by atoms with E-state index in [0.717, 1.165) is 11.1 Å². The number of ether oxygens (including phenoxy) is 2. The molecule has 11 nitrogen and oxygen atoms in total. The SMILES string of the molecule is COCCOCCn1cc(NC(=O)c2cccc(-c3cncc(C)c3)n2)c(-c2ccccn2)n1.O=CO. The maximum absolute atomic E-state index is 13.1. The van der Waals surface area contributed by atoms with Crippen molar-refractivity contribution in [1.29, 1.82) is 0 Å². The smallest absolute Gasteiger partial charge is 0.290 e. The number of amides is 1. The van der Waals surface area contributed by atoms with Gasteiger partial charge in [0.2, 0.25) is 0 Å². The van der Waals surface area contributed by atoms with Crippen LogP contribution in [0, 0.1) is 6.92 Å². The van der Waals surface area contributed by atoms with Crippen molar-refractivity contribution in [3.05, 3.63) is 78.5 Å². The first kappa shape index (κ1) is 27.1. The van der Waals surface area contributed by atoms with Crippen molar-refractivity contribution in [2.45, 2.75) is 13.5 Å². The van der Waals surface area contributed by atoms with Crippen molar-refractivity contribution < 1.29 is 24.2 Å². The topological polar surface area (TPSA) is 141 Å². The van der Waals surface area contributed by atoms with Gasteiger partial charge in [0, 0.05) is 37.5 Å². The van der Waals surface area contributed by atoms with Crippen molar-refractivity contribution in [1.82, 2.24) is 24.7 Å². The molecule has 0 fully saturated rings. The number of hydrogen-bond donors (Lipinski definition) is 2. The van der Waals surface area contributed by atoms with Gasteiger partial charge in [-0.15, -0.1) is 0 Å². The summed E-state index contributed by atoms with van der Waals surface area (Å²) in [6.07, 6.45) is 6.97. The van der Waals surface area contributed by atoms with Crippen molar-refractivity contribution in [2.24, 2.45) is 0 Å². The van der Waals surface area contributed by atoms with Crippen molar-refractivity contribution >= 4 is 18.1 Å². The molecule has 0 aliphatic carbocycles. The fourth-order valence-electron chi connectivity index (χ4n) is 3.33. The number of carboxylic acid groups (broad SMARTS) is 1. The summed E-state index contributed by atoms with van der Waals surface area (Å²) < 4.78 is 12.3. The van der Waals surface area contributed by atoms with Gasteiger partial charge in [-0.05, 0) is 42.8 Å². The van der Waals surface area contributed by atoms with Gasteiger partial charge in [0.15, 0.2) is 0 Å². The van der Waals surface area contributed by atoms with Crippen LogP contribution in [-0.4, -0.2) is 69.1 Å². The maximum atomic E-state index is 13.1. The van der Waals surface area contributed by atoms with Crippen LogP contribution in [0.25, 0.3) is 22.6 Å². The molecule has 0 spiro atoms. The number of carbonyl (C=O) groups excluding carboxylic acids is 1. The van der Waals surface area contributed by atoms with Gasteiger partial charge in [-0.1, -0.05) is 12.1 Å². The Morgan fingerprint density at radius 3 is 2.65 bits per heavy atom. The minimum Gasteiger partial charge on any atom is -0.483 e. The zero-order valence-corrected chi connectivity index (χ0v) is 20.6. The highest BCUT2D eigenvalue weighted by atomic mass is 16.5. The van der Waals surface area contributed by atoms with Crippen molar-refractivity contribution in [3.63, 3.8) is 0 Å². The average Bonchev–Trinajstić information content (AvgIpc) is 3.32. The summed E-state index contributed by atoms with van der Waals surface area (Å²) in [5, 5.41) is 14.5. The lowest BCUT2D eigenvalue weighted by molar-refractivity contribution is -0.122. The Bertz CT molecular complexity index is 1300. The Labute approximate surface area is 214 Å². The summed E-state index contributed by atoms with van der Waals surface area (Å²) in [5.41, 5.74) is 4.62. The van der Waals surface area contributed by atoms with Gasteiger partial charge in [0.05, 0.1) is 43.4 Å². The van der Waals surface area contributed by atoms with Crippen LogP contribution >= 0.6 is 0 Å². The minimum absolute atomic E-state index is 0.250. The summed E-state index contributed by atoms with van der Waals surface area (Å²) in [6.45, 7) is 3.74. The zero-order chi connectivity index (χ0) is 26.5. The number of nitrogens with zero attached hydrogens (tertiary/aromatic N) is 5. The van der Waals surface area contributed by atoms with Crippen LogP contribution in [-0.2, 0) is 20.8 Å². The predicted octanol–water partition coefficient (Wildman–Crippen LogP) is 3.33. The van der Waals surface area contributed by atoms with Crippen LogP contribution in [0.2, 0.25) is 0 Å². The normalized spacial score (nSPS) is 10.3. The average molecular weight is 505 g/mol. The zero-order valence-electron chi connectivity index (χ0n) is 20.6. The van der Waals surface area contributed by atoms with E-state index in [0.29, 0.717) is 54.8 Å². The largest absolute Gasteiger partial charge is 0.483 e. The molecule has 4 heterocycles. The molecule has 0 aliphatic heterocycles. The third-order valence-electron chi connectivity index (χ3n) is 4.97. The number of hydrogen-bond acceptors (Lipinski definition) is 8. The van der Waals surface area contributed by atoms with E-state index >= 15 is 0 Å². The number of aryl methyl sites for hydroxylation is 1. The fraction of sp³-hybridized carbons (Fsp3) is 0.231. The highest BCUT2D eigenvalue weighted by Gasteiger charge is 2.17. The summed E-state index contributed by atoms with van der Waals surface area (Å²) in [7, 11) is 1.63. The molecule has 2 N–H and O–H groups in total. The van der Waals surface area contributed by atoms with Crippen molar-refractivity contribution in [3.8, 4) is 22.6 Å². The summed E-state index contributed by atoms with van der Waals surface area (Å²) in [6, 6.07) is 12.9. The molecule has 0 aromatic carbocycles. The Balaban J connectivity index is 0.00000121. The number of pyridine rings is 3. The van der Waals surface area contributed by atoms with E-state index in [4.69, 9.17) is 19.4 Å². The second-order valence-electron chi connectivity index (χ2n) is 7.69. The lowest BCUT2D eigenvalue weighted by Crippen LogP contribution is -2.14. The second-order valence-corrected chi connectivity index (χ2v) is 7.69. The molecule has 4 rings (SSSR count). The first-order valence-electron chi connectivity index (χ1n) is 11.4. The van der Waals surface area contributed by atoms with E-state index in [9.17, 15) is 4.79 Å². The van der Waals surface area contributed by atoms with Gasteiger partial charge >= 0.3 is 0 Å². The van der Waals surface area contributed by atoms with Crippen LogP contribution in [0.3, 0.4) is 0 Å². The molecule has 4 aromatic heterocycles. The van der Waals surface area contributed by atoms with Crippen LogP contribution in [0.5, 0.6) is 0 Å². The Morgan fingerprint density at radius 2 is 1.92 bits per heavy atom. The van der Waals surface area contributed by atoms with Crippen LogP contribution in [0.15, 0.2) is 67.3 Å². The standard InChI is InChI=1S/C25H26N6O3.CH2O2/c1-18-14-19(16-26-15-18)20-7-5-8-22(28-20)25(32)29-23-17-31(10-11-34-13-12-33-2)30-24(23)21-6-3-4-9-27-21;2-1-3/h3-9,14-17H,10-13H2,1-2H3,(H,29,32);1H,(H,2,3). The van der Waals surface area contributed by atoms with Gasteiger partial charge < -0.3 is 19.9 Å². The van der Waals surface area contributed by atoms with E-state index in [1.807, 2.05) is 37.3 Å². The summed E-state index contributed by atoms with van der Waals surface area (Å²) in [5.74, 6) is -0.337.